The molecule has 1 aliphatic heterocycles. The molecule has 1 aliphatic rings. The van der Waals surface area contributed by atoms with Gasteiger partial charge in [-0.1, -0.05) is 13.8 Å². The highest BCUT2D eigenvalue weighted by molar-refractivity contribution is 5.94. The molecule has 0 aliphatic carbocycles. The van der Waals surface area contributed by atoms with E-state index in [9.17, 15) is 18.4 Å². The quantitative estimate of drug-likeness (QED) is 0.736. The molecule has 1 heterocycles. The zero-order valence-corrected chi connectivity index (χ0v) is 8.59. The number of nitrogens with two attached hydrogens (primary N) is 1. The summed E-state index contributed by atoms with van der Waals surface area (Å²) in [5.74, 6) is -4.03. The number of carbonyl (C=O) groups is 2. The third kappa shape index (κ3) is 2.64. The first-order valence-corrected chi connectivity index (χ1v) is 4.47. The highest BCUT2D eigenvalue weighted by Crippen LogP contribution is 2.29. The second kappa shape index (κ2) is 3.43. The maximum Gasteiger partial charge on any atom is 0.282 e. The van der Waals surface area contributed by atoms with Gasteiger partial charge in [0.15, 0.2) is 0 Å². The summed E-state index contributed by atoms with van der Waals surface area (Å²) in [5.41, 5.74) is 3.93. The van der Waals surface area contributed by atoms with E-state index in [1.54, 1.807) is 0 Å². The fourth-order valence-corrected chi connectivity index (χ4v) is 1.14. The minimum absolute atomic E-state index is 0.579. The van der Waals surface area contributed by atoms with Crippen LogP contribution < -0.4 is 5.73 Å². The summed E-state index contributed by atoms with van der Waals surface area (Å²) in [6, 6.07) is 0. The number of halogens is 2. The maximum atomic E-state index is 12.4. The van der Waals surface area contributed by atoms with Crippen molar-refractivity contribution in [1.82, 2.24) is 4.90 Å². The van der Waals surface area contributed by atoms with E-state index in [0.717, 1.165) is 11.3 Å². The van der Waals surface area contributed by atoms with Gasteiger partial charge in [0.1, 0.15) is 0 Å². The molecule has 1 rings (SSSR count). The SMILES string of the molecule is CC(C)([CH]C(=O)N1CC(F)(F)C1)C(N)=O. The van der Waals surface area contributed by atoms with Crippen molar-refractivity contribution in [3.05, 3.63) is 6.42 Å². The summed E-state index contributed by atoms with van der Waals surface area (Å²) in [5, 5.41) is 0. The van der Waals surface area contributed by atoms with Crippen molar-refractivity contribution in [2.45, 2.75) is 19.8 Å². The summed E-state index contributed by atoms with van der Waals surface area (Å²) in [4.78, 5) is 23.2. The monoisotopic (exact) mass is 219 g/mol. The fourth-order valence-electron chi connectivity index (χ4n) is 1.14. The zero-order chi connectivity index (χ0) is 11.9. The third-order valence-corrected chi connectivity index (χ3v) is 2.28. The lowest BCUT2D eigenvalue weighted by molar-refractivity contribution is -0.163. The average molecular weight is 219 g/mol. The van der Waals surface area contributed by atoms with Crippen molar-refractivity contribution in [3.63, 3.8) is 0 Å². The highest BCUT2D eigenvalue weighted by Gasteiger charge is 2.47. The first-order valence-electron chi connectivity index (χ1n) is 4.47. The Balaban J connectivity index is 2.48. The third-order valence-electron chi connectivity index (χ3n) is 2.28. The van der Waals surface area contributed by atoms with Crippen LogP contribution in [0.3, 0.4) is 0 Å². The Hall–Kier alpha value is -1.20. The van der Waals surface area contributed by atoms with Crippen LogP contribution in [0.1, 0.15) is 13.8 Å². The zero-order valence-electron chi connectivity index (χ0n) is 8.59. The van der Waals surface area contributed by atoms with Gasteiger partial charge in [-0.05, 0) is 0 Å². The molecule has 0 aromatic heterocycles. The van der Waals surface area contributed by atoms with Gasteiger partial charge in [-0.3, -0.25) is 9.59 Å². The summed E-state index contributed by atoms with van der Waals surface area (Å²) in [7, 11) is 0. The predicted octanol–water partition coefficient (Wildman–Crippen LogP) is 0.180. The molecule has 0 saturated carbocycles. The molecule has 6 heteroatoms. The molecule has 15 heavy (non-hydrogen) atoms. The number of alkyl halides is 2. The van der Waals surface area contributed by atoms with Gasteiger partial charge in [0.25, 0.3) is 5.92 Å². The van der Waals surface area contributed by atoms with E-state index in [0.29, 0.717) is 0 Å². The Morgan fingerprint density at radius 1 is 1.40 bits per heavy atom. The molecule has 85 valence electrons. The minimum Gasteiger partial charge on any atom is -0.369 e. The van der Waals surface area contributed by atoms with Gasteiger partial charge in [0.05, 0.1) is 24.9 Å². The van der Waals surface area contributed by atoms with Crippen molar-refractivity contribution >= 4 is 11.8 Å². The lowest BCUT2D eigenvalue weighted by atomic mass is 9.87. The molecule has 0 atom stereocenters. The number of carbonyl (C=O) groups excluding carboxylic acids is 2. The molecular weight excluding hydrogens is 206 g/mol. The summed E-state index contributed by atoms with van der Waals surface area (Å²) in [6.07, 6.45) is 1.07. The Bertz CT molecular complexity index is 294. The molecular formula is C9H13F2N2O2. The Labute approximate surface area is 86.4 Å². The van der Waals surface area contributed by atoms with Crippen molar-refractivity contribution in [3.8, 4) is 0 Å². The fraction of sp³-hybridized carbons (Fsp3) is 0.667. The largest absolute Gasteiger partial charge is 0.369 e. The molecule has 0 aromatic rings. The number of hydrogen-bond acceptors (Lipinski definition) is 2. The van der Waals surface area contributed by atoms with Crippen molar-refractivity contribution < 1.29 is 18.4 Å². The molecule has 0 bridgehead atoms. The Morgan fingerprint density at radius 3 is 2.20 bits per heavy atom. The molecule has 1 saturated heterocycles. The van der Waals surface area contributed by atoms with Crippen LogP contribution in [0.5, 0.6) is 0 Å². The second-order valence-corrected chi connectivity index (χ2v) is 4.28. The van der Waals surface area contributed by atoms with Crippen LogP contribution in [0.15, 0.2) is 0 Å². The van der Waals surface area contributed by atoms with Crippen LogP contribution in [-0.2, 0) is 9.59 Å². The molecule has 2 N–H and O–H groups in total. The number of hydrogen-bond donors (Lipinski definition) is 1. The van der Waals surface area contributed by atoms with Crippen LogP contribution in [0.25, 0.3) is 0 Å². The predicted molar refractivity (Wildman–Crippen MR) is 48.8 cm³/mol. The highest BCUT2D eigenvalue weighted by atomic mass is 19.3. The Morgan fingerprint density at radius 2 is 1.87 bits per heavy atom. The van der Waals surface area contributed by atoms with Crippen LogP contribution in [0, 0.1) is 11.8 Å². The summed E-state index contributed by atoms with van der Waals surface area (Å²) < 4.78 is 24.9. The van der Waals surface area contributed by atoms with Gasteiger partial charge in [-0.15, -0.1) is 0 Å². The van der Waals surface area contributed by atoms with E-state index < -0.39 is 36.2 Å². The van der Waals surface area contributed by atoms with Gasteiger partial charge < -0.3 is 10.6 Å². The Kier molecular flexibility index (Phi) is 2.71. The molecule has 2 amide bonds. The standard InChI is InChI=1S/C9H13F2N2O2/c1-8(2,7(12)15)3-6(14)13-4-9(10,11)5-13/h3H,4-5H2,1-2H3,(H2,12,15). The topological polar surface area (TPSA) is 63.4 Å². The first kappa shape index (κ1) is 11.9. The van der Waals surface area contributed by atoms with E-state index in [2.05, 4.69) is 0 Å². The van der Waals surface area contributed by atoms with E-state index in [1.807, 2.05) is 0 Å². The van der Waals surface area contributed by atoms with Crippen LogP contribution in [0.2, 0.25) is 0 Å². The second-order valence-electron chi connectivity index (χ2n) is 4.28. The molecule has 1 radical (unpaired) electrons. The van der Waals surface area contributed by atoms with Gasteiger partial charge in [-0.25, -0.2) is 8.78 Å². The number of likely N-dealkylation sites (tertiary alicyclic amines) is 1. The number of nitrogens with zero attached hydrogens (tertiary/aromatic N) is 1. The van der Waals surface area contributed by atoms with Gasteiger partial charge >= 0.3 is 0 Å². The van der Waals surface area contributed by atoms with Crippen molar-refractivity contribution in [1.29, 1.82) is 0 Å². The van der Waals surface area contributed by atoms with Crippen LogP contribution in [0.4, 0.5) is 8.78 Å². The average Bonchev–Trinajstić information content (AvgIpc) is 1.98. The van der Waals surface area contributed by atoms with Crippen molar-refractivity contribution in [2.24, 2.45) is 11.1 Å². The van der Waals surface area contributed by atoms with Crippen LogP contribution >= 0.6 is 0 Å². The first-order chi connectivity index (χ1) is 6.64. The lowest BCUT2D eigenvalue weighted by Gasteiger charge is -2.39. The minimum atomic E-state index is -2.79. The molecule has 0 unspecified atom stereocenters. The van der Waals surface area contributed by atoms with Gasteiger partial charge in [0.2, 0.25) is 11.8 Å². The molecule has 0 spiro atoms. The molecule has 0 aromatic carbocycles. The summed E-state index contributed by atoms with van der Waals surface area (Å²) in [6.45, 7) is 1.75. The molecule has 4 nitrogen and oxygen atoms in total. The van der Waals surface area contributed by atoms with E-state index >= 15 is 0 Å². The van der Waals surface area contributed by atoms with E-state index in [-0.39, 0.29) is 0 Å². The van der Waals surface area contributed by atoms with E-state index in [4.69, 9.17) is 5.73 Å². The number of primary amides is 1. The lowest BCUT2D eigenvalue weighted by Crippen LogP contribution is -2.59. The van der Waals surface area contributed by atoms with Crippen LogP contribution in [-0.4, -0.2) is 35.7 Å². The normalized spacial score (nSPS) is 19.6. The van der Waals surface area contributed by atoms with E-state index in [1.165, 1.54) is 13.8 Å². The smallest absolute Gasteiger partial charge is 0.282 e. The molecule has 1 fully saturated rings. The number of amides is 2. The summed E-state index contributed by atoms with van der Waals surface area (Å²) >= 11 is 0. The number of rotatable bonds is 3. The van der Waals surface area contributed by atoms with Gasteiger partial charge in [0, 0.05) is 0 Å². The maximum absolute atomic E-state index is 12.4. The van der Waals surface area contributed by atoms with Gasteiger partial charge in [-0.2, -0.15) is 0 Å². The van der Waals surface area contributed by atoms with Crippen molar-refractivity contribution in [2.75, 3.05) is 13.1 Å².